The molecule has 2 amide bonds. The number of amides is 2. The van der Waals surface area contributed by atoms with Crippen LogP contribution in [0.15, 0.2) is 48.5 Å². The van der Waals surface area contributed by atoms with Crippen LogP contribution < -0.4 is 15.8 Å². The van der Waals surface area contributed by atoms with Gasteiger partial charge in [-0.25, -0.2) is 0 Å². The molecule has 0 aromatic heterocycles. The number of hydrogen-bond acceptors (Lipinski definition) is 3. The second kappa shape index (κ2) is 6.52. The summed E-state index contributed by atoms with van der Waals surface area (Å²) in [6.07, 6.45) is 1.91. The molecular weight excluding hydrogens is 292 g/mol. The number of primary amides is 1. The van der Waals surface area contributed by atoms with Gasteiger partial charge in [0, 0.05) is 5.56 Å². The molecule has 0 fully saturated rings. The molecule has 0 saturated heterocycles. The van der Waals surface area contributed by atoms with Crippen LogP contribution >= 0.6 is 0 Å². The molecule has 3 N–H and O–H groups in total. The van der Waals surface area contributed by atoms with Gasteiger partial charge in [-0.15, -0.1) is 0 Å². The average Bonchev–Trinajstić information content (AvgIpc) is 2.96. The fourth-order valence-corrected chi connectivity index (χ4v) is 2.81. The van der Waals surface area contributed by atoms with Gasteiger partial charge in [0.2, 0.25) is 0 Å². The number of ether oxygens (including phenoxy) is 1. The number of aryl methyl sites for hydroxylation is 1. The number of carbonyl (C=O) groups excluding carboxylic acids is 2. The van der Waals surface area contributed by atoms with Crippen molar-refractivity contribution in [3.8, 4) is 5.75 Å². The second-order valence-electron chi connectivity index (χ2n) is 5.54. The van der Waals surface area contributed by atoms with Gasteiger partial charge in [-0.05, 0) is 48.2 Å². The largest absolute Gasteiger partial charge is 0.484 e. The summed E-state index contributed by atoms with van der Waals surface area (Å²) in [6.45, 7) is -0.176. The number of fused-ring (bicyclic) bond motifs is 1. The maximum atomic E-state index is 12.4. The Kier molecular flexibility index (Phi) is 4.28. The summed E-state index contributed by atoms with van der Waals surface area (Å²) in [6, 6.07) is 14.9. The van der Waals surface area contributed by atoms with E-state index in [0.717, 1.165) is 12.8 Å². The van der Waals surface area contributed by atoms with Crippen LogP contribution in [0.1, 0.15) is 33.9 Å². The first-order valence-electron chi connectivity index (χ1n) is 7.53. The van der Waals surface area contributed by atoms with E-state index in [-0.39, 0.29) is 18.6 Å². The molecule has 0 bridgehead atoms. The smallest absolute Gasteiger partial charge is 0.255 e. The van der Waals surface area contributed by atoms with Gasteiger partial charge in [0.05, 0.1) is 6.04 Å². The van der Waals surface area contributed by atoms with Crippen molar-refractivity contribution >= 4 is 11.8 Å². The zero-order chi connectivity index (χ0) is 16.2. The highest BCUT2D eigenvalue weighted by molar-refractivity contribution is 5.94. The number of benzene rings is 2. The fraction of sp³-hybridized carbons (Fsp3) is 0.222. The number of hydrogen-bond donors (Lipinski definition) is 2. The Morgan fingerprint density at radius 3 is 2.61 bits per heavy atom. The van der Waals surface area contributed by atoms with Gasteiger partial charge in [0.15, 0.2) is 6.61 Å². The van der Waals surface area contributed by atoms with Crippen LogP contribution in [-0.2, 0) is 11.2 Å². The van der Waals surface area contributed by atoms with E-state index in [9.17, 15) is 9.59 Å². The van der Waals surface area contributed by atoms with Gasteiger partial charge in [-0.1, -0.05) is 24.3 Å². The van der Waals surface area contributed by atoms with Gasteiger partial charge in [0.1, 0.15) is 5.75 Å². The van der Waals surface area contributed by atoms with Crippen molar-refractivity contribution in [1.82, 2.24) is 5.32 Å². The molecule has 3 rings (SSSR count). The standard InChI is InChI=1S/C18H18N2O3/c19-17(21)11-23-14-8-5-13(6-9-14)18(22)20-16-10-7-12-3-1-2-4-15(12)16/h1-6,8-9,16H,7,10-11H2,(H2,19,21)(H,20,22)/t16-/m1/s1. The van der Waals surface area contributed by atoms with Gasteiger partial charge < -0.3 is 15.8 Å². The number of nitrogens with two attached hydrogens (primary N) is 1. The van der Waals surface area contributed by atoms with Crippen molar-refractivity contribution in [2.24, 2.45) is 5.73 Å². The minimum Gasteiger partial charge on any atom is -0.484 e. The average molecular weight is 310 g/mol. The summed E-state index contributed by atoms with van der Waals surface area (Å²) in [5.74, 6) is -0.147. The number of carbonyl (C=O) groups is 2. The van der Waals surface area contributed by atoms with E-state index in [1.54, 1.807) is 24.3 Å². The lowest BCUT2D eigenvalue weighted by molar-refractivity contribution is -0.119. The lowest BCUT2D eigenvalue weighted by atomic mass is 10.1. The third-order valence-corrected chi connectivity index (χ3v) is 3.94. The summed E-state index contributed by atoms with van der Waals surface area (Å²) in [5.41, 5.74) is 8.07. The molecular formula is C18H18N2O3. The first kappa shape index (κ1) is 15.1. The van der Waals surface area contributed by atoms with Crippen molar-refractivity contribution in [3.05, 3.63) is 65.2 Å². The van der Waals surface area contributed by atoms with Crippen LogP contribution in [0, 0.1) is 0 Å². The molecule has 1 aliphatic rings. The van der Waals surface area contributed by atoms with Crippen LogP contribution in [0.4, 0.5) is 0 Å². The molecule has 118 valence electrons. The quantitative estimate of drug-likeness (QED) is 0.886. The molecule has 2 aromatic rings. The van der Waals surface area contributed by atoms with Gasteiger partial charge in [-0.2, -0.15) is 0 Å². The highest BCUT2D eigenvalue weighted by Crippen LogP contribution is 2.30. The second-order valence-corrected chi connectivity index (χ2v) is 5.54. The lowest BCUT2D eigenvalue weighted by Gasteiger charge is -2.14. The first-order chi connectivity index (χ1) is 11.1. The molecule has 0 heterocycles. The molecule has 0 radical (unpaired) electrons. The topological polar surface area (TPSA) is 81.4 Å². The molecule has 1 aliphatic carbocycles. The third-order valence-electron chi connectivity index (χ3n) is 3.94. The summed E-state index contributed by atoms with van der Waals surface area (Å²) in [7, 11) is 0. The maximum Gasteiger partial charge on any atom is 0.255 e. The van der Waals surface area contributed by atoms with Crippen molar-refractivity contribution in [3.63, 3.8) is 0 Å². The Labute approximate surface area is 134 Å². The minimum atomic E-state index is -0.535. The predicted molar refractivity (Wildman–Crippen MR) is 86.1 cm³/mol. The monoisotopic (exact) mass is 310 g/mol. The molecule has 0 spiro atoms. The van der Waals surface area contributed by atoms with Crippen LogP contribution in [0.5, 0.6) is 5.75 Å². The molecule has 1 atom stereocenters. The molecule has 0 saturated carbocycles. The Hall–Kier alpha value is -2.82. The Morgan fingerprint density at radius 1 is 1.13 bits per heavy atom. The zero-order valence-electron chi connectivity index (χ0n) is 12.6. The molecule has 5 nitrogen and oxygen atoms in total. The van der Waals surface area contributed by atoms with E-state index < -0.39 is 5.91 Å². The Morgan fingerprint density at radius 2 is 1.87 bits per heavy atom. The predicted octanol–water partition coefficient (Wildman–Crippen LogP) is 1.97. The van der Waals surface area contributed by atoms with Crippen molar-refractivity contribution in [2.45, 2.75) is 18.9 Å². The van der Waals surface area contributed by atoms with Crippen molar-refractivity contribution < 1.29 is 14.3 Å². The van der Waals surface area contributed by atoms with Gasteiger partial charge in [0.25, 0.3) is 11.8 Å². The SMILES string of the molecule is NC(=O)COc1ccc(C(=O)N[C@@H]2CCc3ccccc32)cc1. The van der Waals surface area contributed by atoms with Crippen molar-refractivity contribution in [2.75, 3.05) is 6.61 Å². The summed E-state index contributed by atoms with van der Waals surface area (Å²) in [5, 5.41) is 3.07. The fourth-order valence-electron chi connectivity index (χ4n) is 2.81. The van der Waals surface area contributed by atoms with E-state index in [1.807, 2.05) is 12.1 Å². The van der Waals surface area contributed by atoms with E-state index >= 15 is 0 Å². The van der Waals surface area contributed by atoms with E-state index in [0.29, 0.717) is 11.3 Å². The van der Waals surface area contributed by atoms with E-state index in [2.05, 4.69) is 17.4 Å². The van der Waals surface area contributed by atoms with Crippen molar-refractivity contribution in [1.29, 1.82) is 0 Å². The summed E-state index contributed by atoms with van der Waals surface area (Å²) < 4.78 is 5.18. The Balaban J connectivity index is 1.64. The molecule has 2 aromatic carbocycles. The van der Waals surface area contributed by atoms with E-state index in [1.165, 1.54) is 11.1 Å². The minimum absolute atomic E-state index is 0.0597. The molecule has 23 heavy (non-hydrogen) atoms. The first-order valence-corrected chi connectivity index (χ1v) is 7.53. The molecule has 0 unspecified atom stereocenters. The van der Waals surface area contributed by atoms with Crippen LogP contribution in [0.25, 0.3) is 0 Å². The maximum absolute atomic E-state index is 12.4. The molecule has 5 heteroatoms. The zero-order valence-corrected chi connectivity index (χ0v) is 12.6. The third kappa shape index (κ3) is 3.51. The lowest BCUT2D eigenvalue weighted by Crippen LogP contribution is -2.27. The molecule has 0 aliphatic heterocycles. The Bertz CT molecular complexity index is 725. The highest BCUT2D eigenvalue weighted by atomic mass is 16.5. The van der Waals surface area contributed by atoms with Crippen LogP contribution in [0.3, 0.4) is 0 Å². The van der Waals surface area contributed by atoms with Gasteiger partial charge >= 0.3 is 0 Å². The number of rotatable bonds is 5. The van der Waals surface area contributed by atoms with Crippen LogP contribution in [0.2, 0.25) is 0 Å². The normalized spacial score (nSPS) is 15.7. The summed E-state index contributed by atoms with van der Waals surface area (Å²) in [4.78, 5) is 23.0. The number of nitrogens with one attached hydrogen (secondary N) is 1. The van der Waals surface area contributed by atoms with Gasteiger partial charge in [-0.3, -0.25) is 9.59 Å². The van der Waals surface area contributed by atoms with E-state index in [4.69, 9.17) is 10.5 Å². The highest BCUT2D eigenvalue weighted by Gasteiger charge is 2.23. The summed E-state index contributed by atoms with van der Waals surface area (Å²) >= 11 is 0. The van der Waals surface area contributed by atoms with Crippen LogP contribution in [-0.4, -0.2) is 18.4 Å².